The van der Waals surface area contributed by atoms with Gasteiger partial charge in [-0.25, -0.2) is 0 Å². The summed E-state index contributed by atoms with van der Waals surface area (Å²) >= 11 is 0. The molecule has 0 bridgehead atoms. The molecule has 1 atom stereocenters. The number of halogens is 1. The summed E-state index contributed by atoms with van der Waals surface area (Å²) in [5, 5.41) is 10.4. The SMILES string of the molecule is CCn1nc(C(C)C)cc1C(=O)NCC(C)NC.Cl. The fourth-order valence-corrected chi connectivity index (χ4v) is 1.58. The Morgan fingerprint density at radius 3 is 2.53 bits per heavy atom. The number of nitrogens with zero attached hydrogens (tertiary/aromatic N) is 2. The van der Waals surface area contributed by atoms with E-state index in [9.17, 15) is 4.79 Å². The first-order chi connectivity index (χ1) is 8.49. The molecule has 1 aromatic heterocycles. The predicted molar refractivity (Wildman–Crippen MR) is 80.1 cm³/mol. The molecule has 1 amide bonds. The van der Waals surface area contributed by atoms with Crippen LogP contribution < -0.4 is 10.6 Å². The number of hydrogen-bond acceptors (Lipinski definition) is 3. The number of rotatable bonds is 6. The first-order valence-corrected chi connectivity index (χ1v) is 6.52. The summed E-state index contributed by atoms with van der Waals surface area (Å²) in [6, 6.07) is 2.14. The molecule has 6 heteroatoms. The van der Waals surface area contributed by atoms with Gasteiger partial charge in [-0.2, -0.15) is 5.10 Å². The highest BCUT2D eigenvalue weighted by atomic mass is 35.5. The number of carbonyl (C=O) groups is 1. The molecular formula is C13H25ClN4O. The van der Waals surface area contributed by atoms with E-state index in [0.29, 0.717) is 24.7 Å². The second kappa shape index (κ2) is 8.17. The molecule has 0 saturated heterocycles. The van der Waals surface area contributed by atoms with Crippen molar-refractivity contribution in [2.45, 2.75) is 46.2 Å². The van der Waals surface area contributed by atoms with Gasteiger partial charge >= 0.3 is 0 Å². The summed E-state index contributed by atoms with van der Waals surface area (Å²) in [5.41, 5.74) is 1.60. The van der Waals surface area contributed by atoms with E-state index in [1.165, 1.54) is 0 Å². The molecule has 1 heterocycles. The maximum absolute atomic E-state index is 12.1. The van der Waals surface area contributed by atoms with Crippen LogP contribution in [0.5, 0.6) is 0 Å². The molecule has 0 aliphatic carbocycles. The van der Waals surface area contributed by atoms with Gasteiger partial charge in [-0.15, -0.1) is 12.4 Å². The largest absolute Gasteiger partial charge is 0.349 e. The van der Waals surface area contributed by atoms with Crippen LogP contribution in [0.4, 0.5) is 0 Å². The fourth-order valence-electron chi connectivity index (χ4n) is 1.58. The van der Waals surface area contributed by atoms with E-state index in [2.05, 4.69) is 29.6 Å². The van der Waals surface area contributed by atoms with Gasteiger partial charge in [-0.1, -0.05) is 13.8 Å². The lowest BCUT2D eigenvalue weighted by molar-refractivity contribution is 0.0940. The topological polar surface area (TPSA) is 59.0 Å². The van der Waals surface area contributed by atoms with Gasteiger partial charge in [-0.05, 0) is 32.9 Å². The van der Waals surface area contributed by atoms with Crippen molar-refractivity contribution in [2.24, 2.45) is 0 Å². The lowest BCUT2D eigenvalue weighted by atomic mass is 10.1. The van der Waals surface area contributed by atoms with E-state index in [1.54, 1.807) is 4.68 Å². The molecule has 2 N–H and O–H groups in total. The molecule has 0 spiro atoms. The van der Waals surface area contributed by atoms with Crippen molar-refractivity contribution in [2.75, 3.05) is 13.6 Å². The van der Waals surface area contributed by atoms with Crippen molar-refractivity contribution in [3.63, 3.8) is 0 Å². The summed E-state index contributed by atoms with van der Waals surface area (Å²) in [5.74, 6) is 0.277. The van der Waals surface area contributed by atoms with E-state index in [4.69, 9.17) is 0 Å². The molecule has 1 rings (SSSR count). The number of hydrogen-bond donors (Lipinski definition) is 2. The van der Waals surface area contributed by atoms with Crippen LogP contribution in [0.3, 0.4) is 0 Å². The second-order valence-electron chi connectivity index (χ2n) is 4.82. The normalized spacial score (nSPS) is 12.1. The molecular weight excluding hydrogens is 264 g/mol. The third kappa shape index (κ3) is 4.84. The van der Waals surface area contributed by atoms with Crippen LogP contribution in [-0.2, 0) is 6.54 Å². The highest BCUT2D eigenvalue weighted by molar-refractivity contribution is 5.92. The van der Waals surface area contributed by atoms with Crippen LogP contribution in [0.2, 0.25) is 0 Å². The van der Waals surface area contributed by atoms with Crippen LogP contribution in [-0.4, -0.2) is 35.3 Å². The van der Waals surface area contributed by atoms with Gasteiger partial charge in [0.2, 0.25) is 0 Å². The number of aromatic nitrogens is 2. The van der Waals surface area contributed by atoms with Crippen LogP contribution >= 0.6 is 12.4 Å². The maximum atomic E-state index is 12.1. The molecule has 19 heavy (non-hydrogen) atoms. The van der Waals surface area contributed by atoms with Crippen LogP contribution in [0.15, 0.2) is 6.07 Å². The van der Waals surface area contributed by atoms with Crippen LogP contribution in [0.1, 0.15) is 49.8 Å². The van der Waals surface area contributed by atoms with Crippen molar-refractivity contribution in [3.8, 4) is 0 Å². The minimum Gasteiger partial charge on any atom is -0.349 e. The van der Waals surface area contributed by atoms with Crippen LogP contribution in [0.25, 0.3) is 0 Å². The molecule has 0 radical (unpaired) electrons. The van der Waals surface area contributed by atoms with Gasteiger partial charge in [-0.3, -0.25) is 9.48 Å². The Hall–Kier alpha value is -1.07. The third-order valence-corrected chi connectivity index (χ3v) is 2.98. The van der Waals surface area contributed by atoms with Gasteiger partial charge in [0.15, 0.2) is 0 Å². The molecule has 0 aromatic carbocycles. The zero-order valence-electron chi connectivity index (χ0n) is 12.4. The summed E-state index contributed by atoms with van der Waals surface area (Å²) in [7, 11) is 1.88. The van der Waals surface area contributed by atoms with E-state index < -0.39 is 0 Å². The van der Waals surface area contributed by atoms with E-state index in [1.807, 2.05) is 27.0 Å². The van der Waals surface area contributed by atoms with Gasteiger partial charge in [0.25, 0.3) is 5.91 Å². The van der Waals surface area contributed by atoms with Gasteiger partial charge in [0, 0.05) is 19.1 Å². The van der Waals surface area contributed by atoms with Gasteiger partial charge in [0.1, 0.15) is 5.69 Å². The summed E-state index contributed by atoms with van der Waals surface area (Å²) in [4.78, 5) is 12.1. The Morgan fingerprint density at radius 2 is 2.05 bits per heavy atom. The number of likely N-dealkylation sites (N-methyl/N-ethyl adjacent to an activating group) is 1. The molecule has 1 unspecified atom stereocenters. The fraction of sp³-hybridized carbons (Fsp3) is 0.692. The Bertz CT molecular complexity index is 403. The van der Waals surface area contributed by atoms with Crippen molar-refractivity contribution in [1.29, 1.82) is 0 Å². The van der Waals surface area contributed by atoms with Crippen molar-refractivity contribution in [3.05, 3.63) is 17.5 Å². The van der Waals surface area contributed by atoms with E-state index in [-0.39, 0.29) is 24.4 Å². The molecule has 110 valence electrons. The molecule has 0 fully saturated rings. The molecule has 0 aliphatic heterocycles. The van der Waals surface area contributed by atoms with E-state index >= 15 is 0 Å². The summed E-state index contributed by atoms with van der Waals surface area (Å²) < 4.78 is 1.76. The second-order valence-corrected chi connectivity index (χ2v) is 4.82. The molecule has 0 aliphatic rings. The molecule has 5 nitrogen and oxygen atoms in total. The van der Waals surface area contributed by atoms with Crippen molar-refractivity contribution in [1.82, 2.24) is 20.4 Å². The standard InChI is InChI=1S/C13H24N4O.ClH/c1-6-17-12(7-11(16-17)9(2)3)13(18)15-8-10(4)14-5;/h7,9-10,14H,6,8H2,1-5H3,(H,15,18);1H. The first-order valence-electron chi connectivity index (χ1n) is 6.52. The summed E-state index contributed by atoms with van der Waals surface area (Å²) in [6.45, 7) is 9.49. The average Bonchev–Trinajstić information content (AvgIpc) is 2.79. The van der Waals surface area contributed by atoms with E-state index in [0.717, 1.165) is 5.69 Å². The monoisotopic (exact) mass is 288 g/mol. The highest BCUT2D eigenvalue weighted by Crippen LogP contribution is 2.14. The number of nitrogens with one attached hydrogen (secondary N) is 2. The van der Waals surface area contributed by atoms with Crippen LogP contribution in [0, 0.1) is 0 Å². The number of aryl methyl sites for hydroxylation is 1. The van der Waals surface area contributed by atoms with Gasteiger partial charge in [0.05, 0.1) is 5.69 Å². The number of amides is 1. The lowest BCUT2D eigenvalue weighted by Crippen LogP contribution is -2.37. The lowest BCUT2D eigenvalue weighted by Gasteiger charge is -2.11. The Kier molecular flexibility index (Phi) is 7.71. The Labute approximate surface area is 121 Å². The minimum absolute atomic E-state index is 0. The summed E-state index contributed by atoms with van der Waals surface area (Å²) in [6.07, 6.45) is 0. The van der Waals surface area contributed by atoms with Crippen molar-refractivity contribution < 1.29 is 4.79 Å². The third-order valence-electron chi connectivity index (χ3n) is 2.98. The van der Waals surface area contributed by atoms with Crippen molar-refractivity contribution >= 4 is 18.3 Å². The Morgan fingerprint density at radius 1 is 1.42 bits per heavy atom. The maximum Gasteiger partial charge on any atom is 0.269 e. The highest BCUT2D eigenvalue weighted by Gasteiger charge is 2.16. The minimum atomic E-state index is -0.0571. The zero-order chi connectivity index (χ0) is 13.7. The average molecular weight is 289 g/mol. The predicted octanol–water partition coefficient (Wildman–Crippen LogP) is 1.79. The smallest absolute Gasteiger partial charge is 0.269 e. The molecule has 0 saturated carbocycles. The zero-order valence-corrected chi connectivity index (χ0v) is 13.2. The number of carbonyl (C=O) groups excluding carboxylic acids is 1. The quantitative estimate of drug-likeness (QED) is 0.839. The Balaban J connectivity index is 0.00000324. The first kappa shape index (κ1) is 17.9. The molecule has 1 aromatic rings. The van der Waals surface area contributed by atoms with Gasteiger partial charge < -0.3 is 10.6 Å².